The first-order valence-corrected chi connectivity index (χ1v) is 4.95. The summed E-state index contributed by atoms with van der Waals surface area (Å²) < 4.78 is 2.90. The van der Waals surface area contributed by atoms with Gasteiger partial charge in [0, 0.05) is 14.1 Å². The topological polar surface area (TPSA) is 104 Å². The SMILES string of the molecule is Cc1nn(C)c(C(=O)Nc2ncnn2C)c1N. The highest BCUT2D eigenvalue weighted by Gasteiger charge is 2.19. The zero-order chi connectivity index (χ0) is 12.6. The second-order valence-corrected chi connectivity index (χ2v) is 3.63. The number of hydrogen-bond donors (Lipinski definition) is 2. The molecule has 0 bridgehead atoms. The molecule has 0 radical (unpaired) electrons. The third-order valence-electron chi connectivity index (χ3n) is 2.42. The molecule has 0 saturated heterocycles. The van der Waals surface area contributed by atoms with E-state index in [1.165, 1.54) is 15.7 Å². The summed E-state index contributed by atoms with van der Waals surface area (Å²) in [6.45, 7) is 1.74. The van der Waals surface area contributed by atoms with Crippen molar-refractivity contribution in [1.82, 2.24) is 24.5 Å². The molecule has 90 valence electrons. The molecule has 0 aliphatic heterocycles. The normalized spacial score (nSPS) is 10.5. The molecule has 0 aliphatic carbocycles. The summed E-state index contributed by atoms with van der Waals surface area (Å²) in [7, 11) is 3.34. The molecular formula is C9H13N7O. The lowest BCUT2D eigenvalue weighted by molar-refractivity contribution is 0.101. The molecule has 17 heavy (non-hydrogen) atoms. The van der Waals surface area contributed by atoms with Gasteiger partial charge in [-0.25, -0.2) is 4.68 Å². The minimum atomic E-state index is -0.360. The molecule has 0 saturated carbocycles. The molecule has 2 rings (SSSR count). The van der Waals surface area contributed by atoms with Crippen LogP contribution in [0.25, 0.3) is 0 Å². The number of nitrogens with zero attached hydrogens (tertiary/aromatic N) is 5. The van der Waals surface area contributed by atoms with Crippen LogP contribution in [0.3, 0.4) is 0 Å². The van der Waals surface area contributed by atoms with Crippen LogP contribution in [-0.4, -0.2) is 30.5 Å². The van der Waals surface area contributed by atoms with Crippen LogP contribution in [0.2, 0.25) is 0 Å². The van der Waals surface area contributed by atoms with Crippen molar-refractivity contribution in [1.29, 1.82) is 0 Å². The van der Waals surface area contributed by atoms with Crippen molar-refractivity contribution in [3.05, 3.63) is 17.7 Å². The third-order valence-corrected chi connectivity index (χ3v) is 2.42. The lowest BCUT2D eigenvalue weighted by Gasteiger charge is -2.04. The minimum absolute atomic E-state index is 0.311. The molecule has 2 aromatic rings. The van der Waals surface area contributed by atoms with Crippen LogP contribution in [0.15, 0.2) is 6.33 Å². The summed E-state index contributed by atoms with van der Waals surface area (Å²) in [6, 6.07) is 0. The van der Waals surface area contributed by atoms with Crippen LogP contribution in [0.1, 0.15) is 16.2 Å². The fourth-order valence-corrected chi connectivity index (χ4v) is 1.51. The predicted molar refractivity (Wildman–Crippen MR) is 61.3 cm³/mol. The second-order valence-electron chi connectivity index (χ2n) is 3.63. The zero-order valence-corrected chi connectivity index (χ0v) is 9.80. The highest BCUT2D eigenvalue weighted by molar-refractivity contribution is 6.05. The zero-order valence-electron chi connectivity index (χ0n) is 9.80. The summed E-state index contributed by atoms with van der Waals surface area (Å²) in [5.41, 5.74) is 7.08. The Kier molecular flexibility index (Phi) is 2.54. The van der Waals surface area contributed by atoms with Crippen molar-refractivity contribution in [3.8, 4) is 0 Å². The first-order valence-electron chi connectivity index (χ1n) is 4.95. The number of carbonyl (C=O) groups excluding carboxylic acids is 1. The average molecular weight is 235 g/mol. The van der Waals surface area contributed by atoms with Crippen LogP contribution >= 0.6 is 0 Å². The lowest BCUT2D eigenvalue weighted by Crippen LogP contribution is -2.19. The molecule has 0 atom stereocenters. The van der Waals surface area contributed by atoms with Crippen LogP contribution in [0.5, 0.6) is 0 Å². The molecule has 0 spiro atoms. The molecule has 0 unspecified atom stereocenters. The van der Waals surface area contributed by atoms with Crippen molar-refractivity contribution in [2.75, 3.05) is 11.1 Å². The Morgan fingerprint density at radius 3 is 2.59 bits per heavy atom. The standard InChI is InChI=1S/C9H13N7O/c1-5-6(10)7(15(2)14-5)8(17)13-9-11-4-12-16(9)3/h4H,10H2,1-3H3,(H,11,12,13,17). The monoisotopic (exact) mass is 235 g/mol. The summed E-state index contributed by atoms with van der Waals surface area (Å²) in [6.07, 6.45) is 1.35. The minimum Gasteiger partial charge on any atom is -0.395 e. The summed E-state index contributed by atoms with van der Waals surface area (Å²) in [4.78, 5) is 15.9. The van der Waals surface area contributed by atoms with Crippen molar-refractivity contribution >= 4 is 17.5 Å². The van der Waals surface area contributed by atoms with Gasteiger partial charge in [-0.15, -0.1) is 0 Å². The number of anilines is 2. The number of nitrogens with two attached hydrogens (primary N) is 1. The number of aromatic nitrogens is 5. The molecule has 1 amide bonds. The van der Waals surface area contributed by atoms with Gasteiger partial charge in [0.15, 0.2) is 0 Å². The molecule has 2 heterocycles. The Morgan fingerprint density at radius 1 is 1.41 bits per heavy atom. The summed E-state index contributed by atoms with van der Waals surface area (Å²) >= 11 is 0. The van der Waals surface area contributed by atoms with E-state index in [-0.39, 0.29) is 5.91 Å². The van der Waals surface area contributed by atoms with Gasteiger partial charge < -0.3 is 5.73 Å². The Hall–Kier alpha value is -2.38. The Balaban J connectivity index is 2.29. The molecular weight excluding hydrogens is 222 g/mol. The van der Waals surface area contributed by atoms with E-state index >= 15 is 0 Å². The van der Waals surface area contributed by atoms with E-state index in [4.69, 9.17) is 5.73 Å². The van der Waals surface area contributed by atoms with Crippen LogP contribution in [-0.2, 0) is 14.1 Å². The molecule has 2 aromatic heterocycles. The maximum absolute atomic E-state index is 12.0. The second kappa shape index (κ2) is 3.89. The molecule has 0 aromatic carbocycles. The summed E-state index contributed by atoms with van der Waals surface area (Å²) in [5, 5.41) is 10.5. The van der Waals surface area contributed by atoms with Crippen LogP contribution < -0.4 is 11.1 Å². The first-order chi connectivity index (χ1) is 8.00. The lowest BCUT2D eigenvalue weighted by atomic mass is 10.3. The quantitative estimate of drug-likeness (QED) is 0.743. The van der Waals surface area contributed by atoms with Gasteiger partial charge >= 0.3 is 0 Å². The Bertz CT molecular complexity index is 568. The molecule has 8 heteroatoms. The van der Waals surface area contributed by atoms with Gasteiger partial charge in [-0.1, -0.05) is 0 Å². The maximum Gasteiger partial charge on any atom is 0.278 e. The summed E-state index contributed by atoms with van der Waals surface area (Å²) in [5.74, 6) is -0.00467. The maximum atomic E-state index is 12.0. The molecule has 8 nitrogen and oxygen atoms in total. The highest BCUT2D eigenvalue weighted by Crippen LogP contribution is 2.16. The van der Waals surface area contributed by atoms with Crippen molar-refractivity contribution in [3.63, 3.8) is 0 Å². The van der Waals surface area contributed by atoms with Gasteiger partial charge in [0.25, 0.3) is 5.91 Å². The predicted octanol–water partition coefficient (Wildman–Crippen LogP) is -0.308. The smallest absolute Gasteiger partial charge is 0.278 e. The van der Waals surface area contributed by atoms with Gasteiger partial charge in [-0.3, -0.25) is 14.8 Å². The van der Waals surface area contributed by atoms with Crippen molar-refractivity contribution in [2.45, 2.75) is 6.92 Å². The van der Waals surface area contributed by atoms with Crippen LogP contribution in [0, 0.1) is 6.92 Å². The Morgan fingerprint density at radius 2 is 2.12 bits per heavy atom. The molecule has 3 N–H and O–H groups in total. The highest BCUT2D eigenvalue weighted by atomic mass is 16.2. The average Bonchev–Trinajstić information content (AvgIpc) is 2.74. The van der Waals surface area contributed by atoms with E-state index < -0.39 is 0 Å². The number of nitrogen functional groups attached to an aromatic ring is 1. The fraction of sp³-hybridized carbons (Fsp3) is 0.333. The molecule has 0 fully saturated rings. The largest absolute Gasteiger partial charge is 0.395 e. The number of aryl methyl sites for hydroxylation is 3. The fourth-order valence-electron chi connectivity index (χ4n) is 1.51. The van der Waals surface area contributed by atoms with Gasteiger partial charge in [0.2, 0.25) is 5.95 Å². The number of nitrogens with one attached hydrogen (secondary N) is 1. The van der Waals surface area contributed by atoms with Gasteiger partial charge in [0.05, 0.1) is 11.4 Å². The van der Waals surface area contributed by atoms with Gasteiger partial charge in [-0.2, -0.15) is 15.2 Å². The van der Waals surface area contributed by atoms with Crippen molar-refractivity contribution in [2.24, 2.45) is 14.1 Å². The Labute approximate surface area is 97.4 Å². The van der Waals surface area contributed by atoms with E-state index in [2.05, 4.69) is 20.5 Å². The van der Waals surface area contributed by atoms with E-state index in [1.54, 1.807) is 21.0 Å². The van der Waals surface area contributed by atoms with E-state index in [1.807, 2.05) is 0 Å². The van der Waals surface area contributed by atoms with E-state index in [9.17, 15) is 4.79 Å². The number of rotatable bonds is 2. The first kappa shape index (κ1) is 11.1. The number of carbonyl (C=O) groups is 1. The molecule has 0 aliphatic rings. The van der Waals surface area contributed by atoms with Gasteiger partial charge in [0.1, 0.15) is 12.0 Å². The van der Waals surface area contributed by atoms with Crippen molar-refractivity contribution < 1.29 is 4.79 Å². The van der Waals surface area contributed by atoms with E-state index in [0.717, 1.165) is 0 Å². The van der Waals surface area contributed by atoms with E-state index in [0.29, 0.717) is 23.0 Å². The third kappa shape index (κ3) is 1.84. The number of hydrogen-bond acceptors (Lipinski definition) is 5. The van der Waals surface area contributed by atoms with Gasteiger partial charge in [-0.05, 0) is 6.92 Å². The van der Waals surface area contributed by atoms with Crippen LogP contribution in [0.4, 0.5) is 11.6 Å². The number of amides is 1.